The van der Waals surface area contributed by atoms with Crippen LogP contribution in [-0.4, -0.2) is 38.3 Å². The van der Waals surface area contributed by atoms with Crippen LogP contribution in [0.4, 0.5) is 14.5 Å². The van der Waals surface area contributed by atoms with Crippen LogP contribution in [0.3, 0.4) is 0 Å². The molecule has 0 heterocycles. The second kappa shape index (κ2) is 9.11. The van der Waals surface area contributed by atoms with Crippen molar-refractivity contribution >= 4 is 21.6 Å². The Labute approximate surface area is 163 Å². The maximum absolute atomic E-state index is 13.2. The number of halogens is 2. The van der Waals surface area contributed by atoms with Gasteiger partial charge in [0, 0.05) is 24.8 Å². The number of aryl methyl sites for hydroxylation is 1. The third kappa shape index (κ3) is 5.05. The molecule has 2 aromatic carbocycles. The summed E-state index contributed by atoms with van der Waals surface area (Å²) in [7, 11) is -3.68. The Morgan fingerprint density at radius 2 is 1.75 bits per heavy atom. The maximum Gasteiger partial charge on any atom is 0.262 e. The van der Waals surface area contributed by atoms with E-state index >= 15 is 0 Å². The maximum atomic E-state index is 13.2. The quantitative estimate of drug-likeness (QED) is 0.722. The normalized spacial score (nSPS) is 11.5. The van der Waals surface area contributed by atoms with E-state index in [2.05, 4.69) is 5.32 Å². The molecule has 0 fully saturated rings. The number of carbonyl (C=O) groups is 1. The molecule has 1 amide bonds. The highest BCUT2D eigenvalue weighted by Gasteiger charge is 2.24. The first-order valence-corrected chi connectivity index (χ1v) is 10.1. The molecule has 0 aliphatic rings. The van der Waals surface area contributed by atoms with Gasteiger partial charge in [0.05, 0.1) is 4.90 Å². The van der Waals surface area contributed by atoms with Crippen LogP contribution in [0.15, 0.2) is 41.3 Å². The zero-order valence-corrected chi connectivity index (χ0v) is 16.6. The Morgan fingerprint density at radius 3 is 2.36 bits per heavy atom. The van der Waals surface area contributed by atoms with E-state index in [0.29, 0.717) is 18.7 Å². The van der Waals surface area contributed by atoms with Gasteiger partial charge in [-0.15, -0.1) is 0 Å². The third-order valence-electron chi connectivity index (χ3n) is 4.06. The fourth-order valence-electron chi connectivity index (χ4n) is 2.57. The van der Waals surface area contributed by atoms with Crippen molar-refractivity contribution in [3.05, 3.63) is 53.6 Å². The first-order valence-electron chi connectivity index (χ1n) is 8.67. The molecule has 0 radical (unpaired) electrons. The lowest BCUT2D eigenvalue weighted by Crippen LogP contribution is -2.31. The van der Waals surface area contributed by atoms with Crippen molar-refractivity contribution in [1.29, 1.82) is 0 Å². The molecule has 0 bridgehead atoms. The van der Waals surface area contributed by atoms with Gasteiger partial charge in [-0.05, 0) is 36.8 Å². The predicted molar refractivity (Wildman–Crippen MR) is 102 cm³/mol. The molecule has 1 N–H and O–H groups in total. The summed E-state index contributed by atoms with van der Waals surface area (Å²) in [5.41, 5.74) is 0.846. The lowest BCUT2D eigenvalue weighted by Gasteiger charge is -2.20. The Morgan fingerprint density at radius 1 is 1.07 bits per heavy atom. The number of nitrogens with one attached hydrogen (secondary N) is 1. The molecule has 6 nitrogen and oxygen atoms in total. The van der Waals surface area contributed by atoms with E-state index < -0.39 is 34.2 Å². The predicted octanol–water partition coefficient (Wildman–Crippen LogP) is 3.32. The molecule has 0 aromatic heterocycles. The van der Waals surface area contributed by atoms with Gasteiger partial charge < -0.3 is 10.1 Å². The number of hydrogen-bond acceptors (Lipinski definition) is 4. The second-order valence-electron chi connectivity index (χ2n) is 5.98. The third-order valence-corrected chi connectivity index (χ3v) is 6.25. The van der Waals surface area contributed by atoms with Crippen LogP contribution in [0.25, 0.3) is 0 Å². The molecule has 2 rings (SSSR count). The molecule has 28 heavy (non-hydrogen) atoms. The Kier molecular flexibility index (Phi) is 7.09. The first-order chi connectivity index (χ1) is 13.2. The Balaban J connectivity index is 2.11. The molecular formula is C19H22F2N2O4S. The summed E-state index contributed by atoms with van der Waals surface area (Å²) >= 11 is 0. The fraction of sp³-hybridized carbons (Fsp3) is 0.316. The number of anilines is 1. The number of hydrogen-bond donors (Lipinski definition) is 1. The van der Waals surface area contributed by atoms with Gasteiger partial charge in [-0.2, -0.15) is 4.31 Å². The monoisotopic (exact) mass is 412 g/mol. The molecule has 0 aliphatic heterocycles. The summed E-state index contributed by atoms with van der Waals surface area (Å²) in [6, 6.07) is 7.50. The van der Waals surface area contributed by atoms with Crippen LogP contribution >= 0.6 is 0 Å². The standard InChI is InChI=1S/C19H22F2N2O4S/c1-4-23(5-2)28(25,26)18-10-14(7-6-13(18)3)22-19(24)12-27-15-8-9-16(20)17(21)11-15/h6-11H,4-5,12H2,1-3H3,(H,22,24). The lowest BCUT2D eigenvalue weighted by atomic mass is 10.2. The van der Waals surface area contributed by atoms with Gasteiger partial charge in [-0.3, -0.25) is 4.79 Å². The minimum Gasteiger partial charge on any atom is -0.484 e. The SMILES string of the molecule is CCN(CC)S(=O)(=O)c1cc(NC(=O)COc2ccc(F)c(F)c2)ccc1C. The molecule has 9 heteroatoms. The summed E-state index contributed by atoms with van der Waals surface area (Å²) in [4.78, 5) is 12.2. The number of amides is 1. The van der Waals surface area contributed by atoms with Crippen LogP contribution in [0, 0.1) is 18.6 Å². The number of rotatable bonds is 8. The number of benzene rings is 2. The number of sulfonamides is 1. The largest absolute Gasteiger partial charge is 0.484 e. The lowest BCUT2D eigenvalue weighted by molar-refractivity contribution is -0.118. The van der Waals surface area contributed by atoms with Gasteiger partial charge >= 0.3 is 0 Å². The zero-order chi connectivity index (χ0) is 20.9. The van der Waals surface area contributed by atoms with E-state index in [0.717, 1.165) is 12.1 Å². The minimum absolute atomic E-state index is 0.00255. The van der Waals surface area contributed by atoms with Crippen LogP contribution in [0.2, 0.25) is 0 Å². The summed E-state index contributed by atoms with van der Waals surface area (Å²) in [6.45, 7) is 5.38. The molecule has 0 saturated heterocycles. The van der Waals surface area contributed by atoms with Crippen molar-refractivity contribution < 1.29 is 26.7 Å². The average Bonchev–Trinajstić information content (AvgIpc) is 2.65. The minimum atomic E-state index is -3.68. The highest BCUT2D eigenvalue weighted by atomic mass is 32.2. The molecular weight excluding hydrogens is 390 g/mol. The van der Waals surface area contributed by atoms with E-state index in [9.17, 15) is 22.0 Å². The van der Waals surface area contributed by atoms with Crippen LogP contribution in [0.1, 0.15) is 19.4 Å². The smallest absolute Gasteiger partial charge is 0.262 e. The van der Waals surface area contributed by atoms with Crippen LogP contribution in [-0.2, 0) is 14.8 Å². The number of nitrogens with zero attached hydrogens (tertiary/aromatic N) is 1. The molecule has 0 unspecified atom stereocenters. The Hall–Kier alpha value is -2.52. The van der Waals surface area contributed by atoms with Crippen molar-refractivity contribution in [3.8, 4) is 5.75 Å². The Bertz CT molecular complexity index is 960. The molecule has 0 aliphatic carbocycles. The van der Waals surface area contributed by atoms with E-state index in [1.165, 1.54) is 16.4 Å². The average molecular weight is 412 g/mol. The molecule has 152 valence electrons. The molecule has 0 saturated carbocycles. The van der Waals surface area contributed by atoms with Crippen molar-refractivity contribution in [2.75, 3.05) is 25.0 Å². The van der Waals surface area contributed by atoms with Crippen molar-refractivity contribution in [3.63, 3.8) is 0 Å². The fourth-order valence-corrected chi connectivity index (χ4v) is 4.28. The van der Waals surface area contributed by atoms with Gasteiger partial charge in [0.25, 0.3) is 5.91 Å². The summed E-state index contributed by atoms with van der Waals surface area (Å²) in [5.74, 6) is -2.66. The van der Waals surface area contributed by atoms with Gasteiger partial charge in [0.1, 0.15) is 5.75 Å². The summed E-state index contributed by atoms with van der Waals surface area (Å²) in [6.07, 6.45) is 0. The first kappa shape index (κ1) is 21.8. The van der Waals surface area contributed by atoms with Crippen LogP contribution in [0.5, 0.6) is 5.75 Å². The van der Waals surface area contributed by atoms with Gasteiger partial charge in [-0.25, -0.2) is 17.2 Å². The van der Waals surface area contributed by atoms with Crippen molar-refractivity contribution in [2.24, 2.45) is 0 Å². The number of carbonyl (C=O) groups excluding carboxylic acids is 1. The highest BCUT2D eigenvalue weighted by molar-refractivity contribution is 7.89. The van der Waals surface area contributed by atoms with E-state index in [-0.39, 0.29) is 16.3 Å². The second-order valence-corrected chi connectivity index (χ2v) is 7.89. The van der Waals surface area contributed by atoms with E-state index in [1.54, 1.807) is 32.9 Å². The number of ether oxygens (including phenoxy) is 1. The van der Waals surface area contributed by atoms with E-state index in [1.807, 2.05) is 0 Å². The van der Waals surface area contributed by atoms with Gasteiger partial charge in [-0.1, -0.05) is 19.9 Å². The topological polar surface area (TPSA) is 75.7 Å². The van der Waals surface area contributed by atoms with E-state index in [4.69, 9.17) is 4.74 Å². The van der Waals surface area contributed by atoms with Crippen molar-refractivity contribution in [1.82, 2.24) is 4.31 Å². The molecule has 0 atom stereocenters. The van der Waals surface area contributed by atoms with Crippen molar-refractivity contribution in [2.45, 2.75) is 25.7 Å². The summed E-state index contributed by atoms with van der Waals surface area (Å²) in [5, 5.41) is 2.54. The molecule has 2 aromatic rings. The summed E-state index contributed by atoms with van der Waals surface area (Å²) < 4.78 is 58.0. The van der Waals surface area contributed by atoms with Gasteiger partial charge in [0.2, 0.25) is 10.0 Å². The highest BCUT2D eigenvalue weighted by Crippen LogP contribution is 2.23. The van der Waals surface area contributed by atoms with Crippen LogP contribution < -0.4 is 10.1 Å². The van der Waals surface area contributed by atoms with Gasteiger partial charge in [0.15, 0.2) is 18.2 Å². The molecule has 0 spiro atoms. The zero-order valence-electron chi connectivity index (χ0n) is 15.8.